The van der Waals surface area contributed by atoms with Crippen molar-refractivity contribution in [1.82, 2.24) is 10.6 Å². The maximum atomic E-state index is 11.9. The van der Waals surface area contributed by atoms with Crippen molar-refractivity contribution in [2.75, 3.05) is 13.7 Å². The highest BCUT2D eigenvalue weighted by Crippen LogP contribution is 2.41. The zero-order valence-corrected chi connectivity index (χ0v) is 12.9. The molecule has 116 valence electrons. The average molecular weight is 294 g/mol. The Morgan fingerprint density at radius 1 is 1.48 bits per heavy atom. The quantitative estimate of drug-likeness (QED) is 0.894. The van der Waals surface area contributed by atoms with Gasteiger partial charge in [0.05, 0.1) is 13.2 Å². The summed E-state index contributed by atoms with van der Waals surface area (Å²) in [6.07, 6.45) is 1.08. The van der Waals surface area contributed by atoms with Crippen LogP contribution in [0, 0.1) is 12.3 Å². The van der Waals surface area contributed by atoms with Gasteiger partial charge in [0.1, 0.15) is 18.1 Å². The molecule has 21 heavy (non-hydrogen) atoms. The summed E-state index contributed by atoms with van der Waals surface area (Å²) in [4.78, 5) is 22.9. The first-order valence-electron chi connectivity index (χ1n) is 7.01. The molecule has 0 radical (unpaired) electrons. The van der Waals surface area contributed by atoms with Crippen molar-refractivity contribution in [2.45, 2.75) is 39.7 Å². The van der Waals surface area contributed by atoms with E-state index in [1.54, 1.807) is 0 Å². The molecule has 0 aromatic carbocycles. The number of hydrogen-bond acceptors (Lipinski definition) is 4. The fourth-order valence-electron chi connectivity index (χ4n) is 2.78. The van der Waals surface area contributed by atoms with Crippen LogP contribution in [0.15, 0.2) is 10.5 Å². The molecule has 0 saturated heterocycles. The first-order chi connectivity index (χ1) is 9.80. The maximum absolute atomic E-state index is 11.9. The Morgan fingerprint density at radius 3 is 2.86 bits per heavy atom. The van der Waals surface area contributed by atoms with Crippen molar-refractivity contribution in [3.05, 3.63) is 23.2 Å². The second-order valence-electron chi connectivity index (χ2n) is 6.25. The number of furan rings is 1. The number of nitrogens with one attached hydrogen (secondary N) is 2. The van der Waals surface area contributed by atoms with Crippen LogP contribution in [0.1, 0.15) is 43.4 Å². The Morgan fingerprint density at radius 2 is 2.19 bits per heavy atom. The minimum absolute atomic E-state index is 0.0605. The van der Waals surface area contributed by atoms with Crippen molar-refractivity contribution < 1.29 is 18.7 Å². The molecule has 6 nitrogen and oxygen atoms in total. The van der Waals surface area contributed by atoms with Gasteiger partial charge in [-0.05, 0) is 24.8 Å². The van der Waals surface area contributed by atoms with E-state index in [1.807, 2.05) is 13.0 Å². The van der Waals surface area contributed by atoms with Gasteiger partial charge in [-0.1, -0.05) is 13.8 Å². The van der Waals surface area contributed by atoms with Crippen LogP contribution in [-0.4, -0.2) is 25.7 Å². The topological polar surface area (TPSA) is 80.6 Å². The third-order valence-electron chi connectivity index (χ3n) is 3.65. The number of carbonyl (C=O) groups excluding carboxylic acids is 2. The summed E-state index contributed by atoms with van der Waals surface area (Å²) in [5, 5.41) is 5.33. The first-order valence-corrected chi connectivity index (χ1v) is 7.01. The van der Waals surface area contributed by atoms with E-state index in [1.165, 1.54) is 7.11 Å². The molecule has 6 heteroatoms. The molecule has 0 spiro atoms. The molecule has 1 aromatic rings. The maximum Gasteiger partial charge on any atom is 0.407 e. The predicted octanol–water partition coefficient (Wildman–Crippen LogP) is 2.07. The molecule has 1 aliphatic carbocycles. The van der Waals surface area contributed by atoms with Crippen molar-refractivity contribution in [3.63, 3.8) is 0 Å². The van der Waals surface area contributed by atoms with Gasteiger partial charge in [-0.25, -0.2) is 4.79 Å². The molecule has 1 heterocycles. The standard InChI is InChI=1S/C15H22N2O4/c1-9-5-10-11(6-15(2,3)7-12(10)21-9)17-13(18)8-16-14(19)20-4/h5,11H,6-8H2,1-4H3,(H,16,19)(H,17,18)/t11-/m0/s1. The van der Waals surface area contributed by atoms with Crippen molar-refractivity contribution >= 4 is 12.0 Å². The summed E-state index contributed by atoms with van der Waals surface area (Å²) >= 11 is 0. The van der Waals surface area contributed by atoms with Gasteiger partial charge in [-0.3, -0.25) is 4.79 Å². The molecule has 0 aliphatic heterocycles. The molecule has 0 saturated carbocycles. The van der Waals surface area contributed by atoms with Crippen LogP contribution in [0.25, 0.3) is 0 Å². The molecule has 1 aliphatic rings. The van der Waals surface area contributed by atoms with Crippen LogP contribution >= 0.6 is 0 Å². The number of hydrogen-bond donors (Lipinski definition) is 2. The molecule has 1 atom stereocenters. The van der Waals surface area contributed by atoms with Gasteiger partial charge < -0.3 is 19.8 Å². The Balaban J connectivity index is 2.05. The zero-order valence-electron chi connectivity index (χ0n) is 12.9. The lowest BCUT2D eigenvalue weighted by atomic mass is 9.74. The van der Waals surface area contributed by atoms with E-state index in [-0.39, 0.29) is 23.9 Å². The van der Waals surface area contributed by atoms with Crippen LogP contribution in [0.4, 0.5) is 4.79 Å². The summed E-state index contributed by atoms with van der Waals surface area (Å²) in [5.74, 6) is 1.55. The molecule has 1 aromatic heterocycles. The van der Waals surface area contributed by atoms with E-state index in [2.05, 4.69) is 29.2 Å². The monoisotopic (exact) mass is 294 g/mol. The minimum Gasteiger partial charge on any atom is -0.466 e. The van der Waals surface area contributed by atoms with E-state index in [9.17, 15) is 9.59 Å². The number of alkyl carbamates (subject to hydrolysis) is 1. The van der Waals surface area contributed by atoms with Crippen molar-refractivity contribution in [3.8, 4) is 0 Å². The Kier molecular flexibility index (Phi) is 4.25. The van der Waals surface area contributed by atoms with Crippen LogP contribution in [0.5, 0.6) is 0 Å². The summed E-state index contributed by atoms with van der Waals surface area (Å²) in [6, 6.07) is 1.89. The first kappa shape index (κ1) is 15.4. The molecular weight excluding hydrogens is 272 g/mol. The lowest BCUT2D eigenvalue weighted by molar-refractivity contribution is -0.121. The number of fused-ring (bicyclic) bond motifs is 1. The number of methoxy groups -OCH3 is 1. The molecule has 0 unspecified atom stereocenters. The largest absolute Gasteiger partial charge is 0.466 e. The van der Waals surface area contributed by atoms with Crippen LogP contribution < -0.4 is 10.6 Å². The number of rotatable bonds is 3. The number of carbonyl (C=O) groups is 2. The SMILES string of the molecule is COC(=O)NCC(=O)N[C@H]1CC(C)(C)Cc2oc(C)cc21. The van der Waals surface area contributed by atoms with Crippen molar-refractivity contribution in [1.29, 1.82) is 0 Å². The lowest BCUT2D eigenvalue weighted by Gasteiger charge is -2.34. The fraction of sp³-hybridized carbons (Fsp3) is 0.600. The van der Waals surface area contributed by atoms with Crippen LogP contribution in [0.2, 0.25) is 0 Å². The molecular formula is C15H22N2O4. The lowest BCUT2D eigenvalue weighted by Crippen LogP contribution is -2.41. The van der Waals surface area contributed by atoms with Crippen LogP contribution in [-0.2, 0) is 16.0 Å². The highest BCUT2D eigenvalue weighted by Gasteiger charge is 2.35. The summed E-state index contributed by atoms with van der Waals surface area (Å²) in [6.45, 7) is 6.11. The summed E-state index contributed by atoms with van der Waals surface area (Å²) in [7, 11) is 1.26. The summed E-state index contributed by atoms with van der Waals surface area (Å²) < 4.78 is 10.2. The third-order valence-corrected chi connectivity index (χ3v) is 3.65. The normalized spacial score (nSPS) is 19.5. The Bertz CT molecular complexity index is 548. The van der Waals surface area contributed by atoms with Gasteiger partial charge in [-0.15, -0.1) is 0 Å². The van der Waals surface area contributed by atoms with E-state index < -0.39 is 6.09 Å². The van der Waals surface area contributed by atoms with E-state index in [0.717, 1.165) is 29.9 Å². The Labute approximate surface area is 124 Å². The fourth-order valence-corrected chi connectivity index (χ4v) is 2.78. The van der Waals surface area contributed by atoms with E-state index in [0.29, 0.717) is 0 Å². The Hall–Kier alpha value is -1.98. The second kappa shape index (κ2) is 5.79. The van der Waals surface area contributed by atoms with Gasteiger partial charge in [-0.2, -0.15) is 0 Å². The summed E-state index contributed by atoms with van der Waals surface area (Å²) in [5.41, 5.74) is 1.10. The molecule has 0 bridgehead atoms. The highest BCUT2D eigenvalue weighted by atomic mass is 16.5. The highest BCUT2D eigenvalue weighted by molar-refractivity contribution is 5.82. The van der Waals surface area contributed by atoms with Crippen molar-refractivity contribution in [2.24, 2.45) is 5.41 Å². The smallest absolute Gasteiger partial charge is 0.407 e. The average Bonchev–Trinajstić information content (AvgIpc) is 2.74. The molecule has 2 amide bonds. The van der Waals surface area contributed by atoms with Crippen LogP contribution in [0.3, 0.4) is 0 Å². The van der Waals surface area contributed by atoms with Gasteiger partial charge >= 0.3 is 6.09 Å². The number of aryl methyl sites for hydroxylation is 1. The predicted molar refractivity (Wildman–Crippen MR) is 76.8 cm³/mol. The van der Waals surface area contributed by atoms with E-state index in [4.69, 9.17) is 4.42 Å². The van der Waals surface area contributed by atoms with Gasteiger partial charge in [0.2, 0.25) is 5.91 Å². The van der Waals surface area contributed by atoms with Gasteiger partial charge in [0.15, 0.2) is 0 Å². The van der Waals surface area contributed by atoms with E-state index >= 15 is 0 Å². The molecule has 2 N–H and O–H groups in total. The minimum atomic E-state index is -0.617. The number of ether oxygens (including phenoxy) is 1. The zero-order chi connectivity index (χ0) is 15.6. The van der Waals surface area contributed by atoms with Gasteiger partial charge in [0, 0.05) is 12.0 Å². The third kappa shape index (κ3) is 3.77. The number of amides is 2. The van der Waals surface area contributed by atoms with Gasteiger partial charge in [0.25, 0.3) is 0 Å². The molecule has 2 rings (SSSR count). The second-order valence-corrected chi connectivity index (χ2v) is 6.25. The molecule has 0 fully saturated rings.